The number of nitrogens with zero attached hydrogens (tertiary/aromatic N) is 3. The second-order valence-electron chi connectivity index (χ2n) is 12.3. The SMILES string of the molecule is CC(C)C[C@H](CO)N1C(=O)[C@@H]2[C@H]3C(=O)N(c4ccccc4)CC=C[C@H]3S[C@@]23C=CCN(C(C)(C)C)C(=O)C13. The minimum absolute atomic E-state index is 0.0864. The molecule has 7 nitrogen and oxygen atoms in total. The Bertz CT molecular complexity index is 1160. The molecule has 0 radical (unpaired) electrons. The topological polar surface area (TPSA) is 81.2 Å². The van der Waals surface area contributed by atoms with Crippen LogP contribution in [0.5, 0.6) is 0 Å². The fourth-order valence-electron chi connectivity index (χ4n) is 6.73. The average molecular weight is 538 g/mol. The summed E-state index contributed by atoms with van der Waals surface area (Å²) in [6.45, 7) is 10.8. The van der Waals surface area contributed by atoms with Gasteiger partial charge in [-0.1, -0.05) is 56.4 Å². The zero-order valence-electron chi connectivity index (χ0n) is 22.9. The van der Waals surface area contributed by atoms with Crippen molar-refractivity contribution in [1.82, 2.24) is 9.80 Å². The fourth-order valence-corrected chi connectivity index (χ4v) is 8.73. The molecule has 6 atom stereocenters. The molecule has 3 amide bonds. The molecule has 8 heteroatoms. The summed E-state index contributed by atoms with van der Waals surface area (Å²) in [6.07, 6.45) is 8.69. The van der Waals surface area contributed by atoms with Crippen molar-refractivity contribution in [2.45, 2.75) is 68.7 Å². The van der Waals surface area contributed by atoms with Crippen LogP contribution in [-0.4, -0.2) is 79.9 Å². The molecular weight excluding hydrogens is 498 g/mol. The van der Waals surface area contributed by atoms with Crippen LogP contribution in [0.4, 0.5) is 5.69 Å². The standard InChI is InChI=1S/C30H39N3O4S/c1-19(2)17-21(18-34)33-25-28(37)32(29(3,4)5)16-10-14-30(25)24(27(33)36)23-22(38-30)13-9-15-31(26(23)35)20-11-7-6-8-12-20/h6-14,19,21-25,34H,15-18H2,1-5H3/t21-,22-,23+,24+,25?,30+/m1/s1. The molecule has 4 heterocycles. The predicted octanol–water partition coefficient (Wildman–Crippen LogP) is 3.49. The van der Waals surface area contributed by atoms with Gasteiger partial charge in [0.15, 0.2) is 0 Å². The Labute approximate surface area is 229 Å². The summed E-state index contributed by atoms with van der Waals surface area (Å²) in [5.74, 6) is -1.46. The minimum atomic E-state index is -0.881. The quantitative estimate of drug-likeness (QED) is 0.582. The van der Waals surface area contributed by atoms with Gasteiger partial charge in [-0.15, -0.1) is 11.8 Å². The number of rotatable bonds is 5. The number of benzene rings is 1. The van der Waals surface area contributed by atoms with Gasteiger partial charge in [0.2, 0.25) is 17.7 Å². The van der Waals surface area contributed by atoms with Crippen molar-refractivity contribution >= 4 is 35.2 Å². The van der Waals surface area contributed by atoms with E-state index in [1.54, 1.807) is 21.6 Å². The van der Waals surface area contributed by atoms with E-state index in [9.17, 15) is 19.5 Å². The Kier molecular flexibility index (Phi) is 7.01. The van der Waals surface area contributed by atoms with Gasteiger partial charge < -0.3 is 19.8 Å². The van der Waals surface area contributed by atoms with E-state index in [0.29, 0.717) is 19.5 Å². The minimum Gasteiger partial charge on any atom is -0.394 e. The smallest absolute Gasteiger partial charge is 0.247 e. The summed E-state index contributed by atoms with van der Waals surface area (Å²) in [5.41, 5.74) is 0.354. The monoisotopic (exact) mass is 537 g/mol. The summed E-state index contributed by atoms with van der Waals surface area (Å²) in [4.78, 5) is 48.4. The van der Waals surface area contributed by atoms with E-state index in [-0.39, 0.29) is 35.5 Å². The number of carbonyl (C=O) groups excluding carboxylic acids is 3. The molecule has 1 aromatic carbocycles. The Balaban J connectivity index is 1.64. The van der Waals surface area contributed by atoms with Crippen LogP contribution in [0.15, 0.2) is 54.6 Å². The summed E-state index contributed by atoms with van der Waals surface area (Å²) < 4.78 is -0.881. The summed E-state index contributed by atoms with van der Waals surface area (Å²) in [5, 5.41) is 10.3. The molecule has 38 heavy (non-hydrogen) atoms. The number of aliphatic hydroxyl groups excluding tert-OH is 1. The van der Waals surface area contributed by atoms with Crippen molar-refractivity contribution < 1.29 is 19.5 Å². The van der Waals surface area contributed by atoms with Gasteiger partial charge in [0, 0.05) is 29.6 Å². The van der Waals surface area contributed by atoms with E-state index < -0.39 is 34.2 Å². The molecule has 0 saturated carbocycles. The number of likely N-dealkylation sites (tertiary alicyclic amines) is 1. The zero-order valence-corrected chi connectivity index (χ0v) is 23.7. The first-order chi connectivity index (χ1) is 18.0. The molecule has 2 fully saturated rings. The van der Waals surface area contributed by atoms with Gasteiger partial charge in [-0.05, 0) is 45.2 Å². The molecule has 4 aliphatic rings. The number of carbonyl (C=O) groups is 3. The number of hydrogen-bond acceptors (Lipinski definition) is 5. The number of hydrogen-bond donors (Lipinski definition) is 1. The lowest BCUT2D eigenvalue weighted by atomic mass is 9.78. The molecule has 1 aromatic rings. The van der Waals surface area contributed by atoms with E-state index in [2.05, 4.69) is 19.9 Å². The number of amides is 3. The number of thioether (sulfide) groups is 1. The highest BCUT2D eigenvalue weighted by molar-refractivity contribution is 8.02. The molecule has 204 valence electrons. The van der Waals surface area contributed by atoms with Crippen molar-refractivity contribution in [3.8, 4) is 0 Å². The van der Waals surface area contributed by atoms with Gasteiger partial charge in [-0.2, -0.15) is 0 Å². The third kappa shape index (κ3) is 4.20. The van der Waals surface area contributed by atoms with E-state index in [0.717, 1.165) is 5.69 Å². The van der Waals surface area contributed by atoms with Crippen LogP contribution in [0.2, 0.25) is 0 Å². The first kappa shape index (κ1) is 27.0. The molecule has 4 aliphatic heterocycles. The third-order valence-corrected chi connectivity index (χ3v) is 10.1. The lowest BCUT2D eigenvalue weighted by Gasteiger charge is -2.42. The van der Waals surface area contributed by atoms with Crippen LogP contribution in [0.1, 0.15) is 41.0 Å². The van der Waals surface area contributed by atoms with Gasteiger partial charge in [-0.3, -0.25) is 14.4 Å². The van der Waals surface area contributed by atoms with Crippen LogP contribution >= 0.6 is 11.8 Å². The van der Waals surface area contributed by atoms with E-state index in [1.807, 2.05) is 74.2 Å². The van der Waals surface area contributed by atoms with Crippen LogP contribution in [-0.2, 0) is 14.4 Å². The number of aliphatic hydroxyl groups is 1. The average Bonchev–Trinajstić information content (AvgIpc) is 3.17. The van der Waals surface area contributed by atoms with E-state index >= 15 is 0 Å². The van der Waals surface area contributed by atoms with Crippen molar-refractivity contribution in [3.05, 3.63) is 54.6 Å². The second-order valence-corrected chi connectivity index (χ2v) is 13.8. The second kappa shape index (κ2) is 9.87. The maximum Gasteiger partial charge on any atom is 0.247 e. The molecule has 1 unspecified atom stereocenters. The van der Waals surface area contributed by atoms with Gasteiger partial charge >= 0.3 is 0 Å². The van der Waals surface area contributed by atoms with E-state index in [1.165, 1.54) is 0 Å². The Hall–Kier alpha value is -2.58. The van der Waals surface area contributed by atoms with Crippen molar-refractivity contribution in [2.75, 3.05) is 24.6 Å². The molecule has 1 spiro atoms. The van der Waals surface area contributed by atoms with Gasteiger partial charge in [0.25, 0.3) is 0 Å². The zero-order chi connectivity index (χ0) is 27.4. The normalized spacial score (nSPS) is 31.9. The Morgan fingerprint density at radius 2 is 1.74 bits per heavy atom. The summed E-state index contributed by atoms with van der Waals surface area (Å²) in [7, 11) is 0. The summed E-state index contributed by atoms with van der Waals surface area (Å²) >= 11 is 1.58. The van der Waals surface area contributed by atoms with Crippen molar-refractivity contribution in [1.29, 1.82) is 0 Å². The highest BCUT2D eigenvalue weighted by atomic mass is 32.2. The first-order valence-corrected chi connectivity index (χ1v) is 14.5. The van der Waals surface area contributed by atoms with Crippen LogP contribution in [0.25, 0.3) is 0 Å². The first-order valence-electron chi connectivity index (χ1n) is 13.6. The molecule has 1 N–H and O–H groups in total. The van der Waals surface area contributed by atoms with Gasteiger partial charge in [-0.25, -0.2) is 0 Å². The molecule has 2 saturated heterocycles. The number of anilines is 1. The maximum atomic E-state index is 14.5. The van der Waals surface area contributed by atoms with Crippen molar-refractivity contribution in [3.63, 3.8) is 0 Å². The van der Waals surface area contributed by atoms with Crippen molar-refractivity contribution in [2.24, 2.45) is 17.8 Å². The predicted molar refractivity (Wildman–Crippen MR) is 151 cm³/mol. The Morgan fingerprint density at radius 3 is 2.37 bits per heavy atom. The van der Waals surface area contributed by atoms with Gasteiger partial charge in [0.1, 0.15) is 6.04 Å². The Morgan fingerprint density at radius 1 is 1.03 bits per heavy atom. The summed E-state index contributed by atoms with van der Waals surface area (Å²) in [6, 6.07) is 8.28. The molecule has 0 aromatic heterocycles. The lowest BCUT2D eigenvalue weighted by molar-refractivity contribution is -0.148. The van der Waals surface area contributed by atoms with Crippen LogP contribution < -0.4 is 4.90 Å². The van der Waals surface area contributed by atoms with E-state index in [4.69, 9.17) is 0 Å². The fraction of sp³-hybridized carbons (Fsp3) is 0.567. The van der Waals surface area contributed by atoms with Gasteiger partial charge in [0.05, 0.1) is 29.2 Å². The highest BCUT2D eigenvalue weighted by Gasteiger charge is 2.72. The maximum absolute atomic E-state index is 14.5. The number of fused-ring (bicyclic) bond motifs is 2. The number of para-hydroxylation sites is 1. The van der Waals surface area contributed by atoms with Crippen LogP contribution in [0, 0.1) is 17.8 Å². The molecule has 0 bridgehead atoms. The molecule has 5 rings (SSSR count). The lowest BCUT2D eigenvalue weighted by Crippen LogP contribution is -2.59. The molecular formula is C30H39N3O4S. The largest absolute Gasteiger partial charge is 0.394 e. The highest BCUT2D eigenvalue weighted by Crippen LogP contribution is 2.61. The third-order valence-electron chi connectivity index (χ3n) is 8.32. The molecule has 0 aliphatic carbocycles. The van der Waals surface area contributed by atoms with Crippen LogP contribution in [0.3, 0.4) is 0 Å².